The maximum absolute atomic E-state index is 9.64. The Morgan fingerprint density at radius 3 is 2.29 bits per heavy atom. The minimum absolute atomic E-state index is 0. The smallest absolute Gasteiger partial charge is 0.135 e. The summed E-state index contributed by atoms with van der Waals surface area (Å²) in [6.45, 7) is 2.91. The van der Waals surface area contributed by atoms with E-state index in [0.717, 1.165) is 39.3 Å². The Morgan fingerprint density at radius 2 is 1.44 bits per heavy atom. The van der Waals surface area contributed by atoms with Crippen molar-refractivity contribution in [2.24, 2.45) is 5.92 Å². The maximum Gasteiger partial charge on any atom is 0.135 e. The van der Waals surface area contributed by atoms with Crippen molar-refractivity contribution in [3.8, 4) is 62.2 Å². The van der Waals surface area contributed by atoms with E-state index < -0.39 is 31.2 Å². The molecular weight excluding hydrogens is 992 g/mol. The number of fused-ring (bicyclic) bond motifs is 5. The number of para-hydroxylation sites is 5. The zero-order chi connectivity index (χ0) is 51.4. The fraction of sp³-hybridized carbons (Fsp3) is 0.0847. The van der Waals surface area contributed by atoms with Gasteiger partial charge in [0, 0.05) is 90.4 Å². The monoisotopic (exact) mass is 1040 g/mol. The second kappa shape index (κ2) is 16.9. The molecule has 66 heavy (non-hydrogen) atoms. The SMILES string of the molecule is [2H]c1c([2H])c([2H])c2c(c1[2H])c1ccc3[c-]c1n2-c1cc(C([2H])([2H])C(C)C)c(cn1)-c1ccccc1Oc1cccc(c1)-c1cccc(-c2ccccc2)c1N1[CH-]N(c2[c-]c(c(C([2H])([2H])[2H])cc2)O3)c2ccccc21.[Pt]. The van der Waals surface area contributed by atoms with Gasteiger partial charge < -0.3 is 23.8 Å². The Morgan fingerprint density at radius 1 is 0.697 bits per heavy atom. The van der Waals surface area contributed by atoms with Crippen LogP contribution in [0.4, 0.5) is 22.7 Å². The molecule has 3 aliphatic rings. The molecule has 0 atom stereocenters. The quantitative estimate of drug-likeness (QED) is 0.165. The molecule has 7 heteroatoms. The van der Waals surface area contributed by atoms with Crippen LogP contribution in [-0.4, -0.2) is 9.55 Å². The van der Waals surface area contributed by atoms with Gasteiger partial charge in [-0.25, -0.2) is 4.98 Å². The van der Waals surface area contributed by atoms with Gasteiger partial charge in [0.25, 0.3) is 0 Å². The Bertz CT molecular complexity index is 3920. The van der Waals surface area contributed by atoms with Gasteiger partial charge in [-0.2, -0.15) is 12.1 Å². The number of benzene rings is 8. The van der Waals surface area contributed by atoms with Gasteiger partial charge in [0.2, 0.25) is 0 Å². The summed E-state index contributed by atoms with van der Waals surface area (Å²) in [5.41, 5.74) is 8.16. The first-order valence-corrected chi connectivity index (χ1v) is 21.4. The molecule has 8 aromatic carbocycles. The van der Waals surface area contributed by atoms with Gasteiger partial charge in [-0.3, -0.25) is 0 Å². The number of anilines is 4. The number of aryl methyl sites for hydroxylation is 1. The summed E-state index contributed by atoms with van der Waals surface area (Å²) in [5, 5.41) is 0.578. The number of hydrogen-bond acceptors (Lipinski definition) is 5. The van der Waals surface area contributed by atoms with E-state index in [2.05, 4.69) is 41.3 Å². The van der Waals surface area contributed by atoms with Crippen LogP contribution in [0.3, 0.4) is 0 Å². The van der Waals surface area contributed by atoms with E-state index in [9.17, 15) is 4.11 Å². The Balaban J connectivity index is 0.00000602. The first kappa shape index (κ1) is 32.3. The van der Waals surface area contributed by atoms with Crippen LogP contribution < -0.4 is 19.3 Å². The summed E-state index contributed by atoms with van der Waals surface area (Å²) in [5.74, 6) is 0.544. The molecule has 0 saturated carbocycles. The molecule has 0 aliphatic carbocycles. The second-order valence-corrected chi connectivity index (χ2v) is 16.3. The van der Waals surface area contributed by atoms with Crippen molar-refractivity contribution >= 4 is 44.6 Å². The van der Waals surface area contributed by atoms with E-state index in [-0.39, 0.29) is 78.0 Å². The van der Waals surface area contributed by atoms with Gasteiger partial charge in [0.05, 0.1) is 5.48 Å². The number of ether oxygens (including phenoxy) is 2. The van der Waals surface area contributed by atoms with Crippen LogP contribution in [0.1, 0.15) is 37.3 Å². The molecule has 0 fully saturated rings. The summed E-state index contributed by atoms with van der Waals surface area (Å²) in [7, 11) is 0. The van der Waals surface area contributed by atoms with Crippen LogP contribution in [0.25, 0.3) is 61.0 Å². The number of rotatable bonds is 3. The Labute approximate surface area is 412 Å². The number of hydrogen-bond donors (Lipinski definition) is 0. The van der Waals surface area contributed by atoms with E-state index in [0.29, 0.717) is 33.7 Å². The van der Waals surface area contributed by atoms with Crippen molar-refractivity contribution in [2.45, 2.75) is 27.1 Å². The van der Waals surface area contributed by atoms with Crippen molar-refractivity contribution in [3.05, 3.63) is 212 Å². The van der Waals surface area contributed by atoms with Crippen LogP contribution in [0, 0.1) is 31.6 Å². The molecule has 0 amide bonds. The number of aromatic nitrogens is 2. The van der Waals surface area contributed by atoms with Crippen molar-refractivity contribution in [3.63, 3.8) is 0 Å². The van der Waals surface area contributed by atoms with Crippen molar-refractivity contribution < 1.29 is 42.9 Å². The van der Waals surface area contributed by atoms with Crippen LogP contribution in [0.2, 0.25) is 0 Å². The summed E-state index contributed by atoms with van der Waals surface area (Å²) < 4.78 is 96.1. The Hall–Kier alpha value is -7.40. The molecule has 3 aliphatic heterocycles. The summed E-state index contributed by atoms with van der Waals surface area (Å²) in [6, 6.07) is 52.6. The van der Waals surface area contributed by atoms with E-state index >= 15 is 0 Å². The van der Waals surface area contributed by atoms with Gasteiger partial charge in [-0.1, -0.05) is 135 Å². The average Bonchev–Trinajstić information content (AvgIpc) is 3.98. The third kappa shape index (κ3) is 7.13. The van der Waals surface area contributed by atoms with Gasteiger partial charge >= 0.3 is 0 Å². The fourth-order valence-electron chi connectivity index (χ4n) is 8.92. The van der Waals surface area contributed by atoms with E-state index in [1.54, 1.807) is 48.9 Å². The van der Waals surface area contributed by atoms with Crippen molar-refractivity contribution in [1.29, 1.82) is 0 Å². The molecule has 0 spiro atoms. The first-order chi connectivity index (χ1) is 35.6. The molecule has 5 heterocycles. The van der Waals surface area contributed by atoms with E-state index in [1.165, 1.54) is 6.07 Å². The number of nitrogens with zero attached hydrogens (tertiary/aromatic N) is 4. The zero-order valence-electron chi connectivity index (χ0n) is 44.6. The molecule has 13 rings (SSSR count). The largest absolute Gasteiger partial charge is 0.509 e. The normalized spacial score (nSPS) is 15.0. The van der Waals surface area contributed by atoms with Crippen LogP contribution in [-0.2, 0) is 27.4 Å². The molecule has 0 saturated heterocycles. The third-order valence-electron chi connectivity index (χ3n) is 11.8. The third-order valence-corrected chi connectivity index (χ3v) is 11.8. The van der Waals surface area contributed by atoms with Crippen LogP contribution >= 0.6 is 0 Å². The fourth-order valence-corrected chi connectivity index (χ4v) is 8.92. The minimum atomic E-state index is -2.64. The summed E-state index contributed by atoms with van der Waals surface area (Å²) >= 11 is 0. The van der Waals surface area contributed by atoms with Gasteiger partial charge in [-0.05, 0) is 76.8 Å². The molecule has 6 nitrogen and oxygen atoms in total. The zero-order valence-corrected chi connectivity index (χ0v) is 37.9. The maximum atomic E-state index is 9.64. The summed E-state index contributed by atoms with van der Waals surface area (Å²) in [6.07, 6.45) is -0.407. The molecule has 10 aromatic rings. The molecule has 2 aromatic heterocycles. The van der Waals surface area contributed by atoms with Crippen LogP contribution in [0.5, 0.6) is 23.0 Å². The van der Waals surface area contributed by atoms with Gasteiger partial charge in [0.1, 0.15) is 17.3 Å². The molecule has 0 N–H and O–H groups in total. The first-order valence-electron chi connectivity index (χ1n) is 25.9. The summed E-state index contributed by atoms with van der Waals surface area (Å²) in [4.78, 5) is 9.03. The topological polar surface area (TPSA) is 42.8 Å². The van der Waals surface area contributed by atoms with E-state index in [4.69, 9.17) is 22.7 Å². The average molecular weight is 1040 g/mol. The Kier molecular flexibility index (Phi) is 8.25. The number of pyridine rings is 1. The molecule has 0 unspecified atom stereocenters. The van der Waals surface area contributed by atoms with Crippen LogP contribution in [0.15, 0.2) is 182 Å². The molecule has 10 bridgehead atoms. The van der Waals surface area contributed by atoms with Gasteiger partial charge in [-0.15, -0.1) is 47.6 Å². The molecule has 324 valence electrons. The van der Waals surface area contributed by atoms with Gasteiger partial charge in [0.15, 0.2) is 0 Å². The van der Waals surface area contributed by atoms with Crippen molar-refractivity contribution in [1.82, 2.24) is 9.55 Å². The van der Waals surface area contributed by atoms with Crippen molar-refractivity contribution in [2.75, 3.05) is 9.80 Å². The second-order valence-electron chi connectivity index (χ2n) is 16.3. The molecule has 0 radical (unpaired) electrons. The van der Waals surface area contributed by atoms with E-state index in [1.807, 2.05) is 109 Å². The predicted molar refractivity (Wildman–Crippen MR) is 264 cm³/mol. The predicted octanol–water partition coefficient (Wildman–Crippen LogP) is 15.6. The minimum Gasteiger partial charge on any atom is -0.509 e. The standard InChI is InChI=1S/C59H43N4O2.Pt/c1-38(2)31-42-33-58-60-36-51(42)50-20-8-12-26-56(50)64-44-18-13-17-41(32-44)47-22-14-21-46(40-15-5-4-6-16-40)59(47)62-37-61(53-24-10-11-25-54(53)62)43-28-27-39(3)57(34-43)65-45-29-30-49-48-19-7-9-23-52(48)63(58)55(49)35-45;/h4-30,32-33,36-38H,31H2,1-3H3;/q-3;/i3D3,7D,9D,19D,23D,31D2;. The molecular formula is C59H43N4O2Pt-3.